The Hall–Kier alpha value is -4.60. The van der Waals surface area contributed by atoms with Crippen LogP contribution >= 0.6 is 0 Å². The van der Waals surface area contributed by atoms with Crippen LogP contribution in [0, 0.1) is 0 Å². The van der Waals surface area contributed by atoms with Gasteiger partial charge in [0.2, 0.25) is 0 Å². The highest BCUT2D eigenvalue weighted by molar-refractivity contribution is 5.98. The second-order valence-corrected chi connectivity index (χ2v) is 10.4. The summed E-state index contributed by atoms with van der Waals surface area (Å²) in [5.41, 5.74) is -0.216. The number of likely N-dealkylation sites (tertiary alicyclic amines) is 1. The van der Waals surface area contributed by atoms with Crippen molar-refractivity contribution in [3.63, 3.8) is 0 Å². The number of carbonyl (C=O) groups excluding carboxylic acids is 2. The molecule has 0 aliphatic carbocycles. The molecular weight excluding hydrogens is 579 g/mol. The van der Waals surface area contributed by atoms with Gasteiger partial charge in [-0.25, -0.2) is 18.7 Å². The largest absolute Gasteiger partial charge is 0.444 e. The number of nitrogens with zero attached hydrogens (tertiary/aromatic N) is 6. The van der Waals surface area contributed by atoms with Gasteiger partial charge in [-0.05, 0) is 30.2 Å². The molecule has 1 atom stereocenters. The lowest BCUT2D eigenvalue weighted by atomic mass is 9.77. The first kappa shape index (κ1) is 28.5. The zero-order chi connectivity index (χ0) is 30.5. The summed E-state index contributed by atoms with van der Waals surface area (Å²) < 4.78 is 74.1. The minimum atomic E-state index is -4.89. The molecule has 1 unspecified atom stereocenters. The van der Waals surface area contributed by atoms with E-state index in [1.54, 1.807) is 23.1 Å². The molecule has 0 bridgehead atoms. The van der Waals surface area contributed by atoms with Crippen LogP contribution in [0.25, 0.3) is 16.9 Å². The molecule has 2 N–H and O–H groups in total. The maximum absolute atomic E-state index is 13.8. The molecule has 2 fully saturated rings. The van der Waals surface area contributed by atoms with E-state index in [0.717, 1.165) is 6.20 Å². The van der Waals surface area contributed by atoms with Gasteiger partial charge in [-0.2, -0.15) is 18.3 Å². The SMILES string of the molecule is CCc1cc(Nc2nccn3c(-c4cn(CC(F)F)nc4C(F)(F)F)cnc23)ccc1C(=O)N1C(OC=O)CC12CNC2. The van der Waals surface area contributed by atoms with Crippen molar-refractivity contribution in [1.29, 1.82) is 0 Å². The summed E-state index contributed by atoms with van der Waals surface area (Å²) in [7, 11) is 0. The van der Waals surface area contributed by atoms with Crippen LogP contribution in [0.4, 0.5) is 33.5 Å². The molecule has 16 heteroatoms. The van der Waals surface area contributed by atoms with Gasteiger partial charge in [-0.1, -0.05) is 6.92 Å². The Balaban J connectivity index is 1.30. The minimum absolute atomic E-state index is 0.00968. The Morgan fingerprint density at radius 2 is 2.07 bits per heavy atom. The maximum Gasteiger partial charge on any atom is 0.435 e. The van der Waals surface area contributed by atoms with Crippen molar-refractivity contribution < 1.29 is 36.3 Å². The highest BCUT2D eigenvalue weighted by atomic mass is 19.4. The molecule has 4 aromatic rings. The van der Waals surface area contributed by atoms with Crippen LogP contribution in [0.2, 0.25) is 0 Å². The summed E-state index contributed by atoms with van der Waals surface area (Å²) >= 11 is 0. The molecule has 226 valence electrons. The van der Waals surface area contributed by atoms with Crippen LogP contribution in [0.1, 0.15) is 35.0 Å². The molecule has 1 amide bonds. The van der Waals surface area contributed by atoms with Gasteiger partial charge in [0, 0.05) is 49.4 Å². The standard InChI is InChI=1S/C27H25F5N8O3/c1-2-15-7-16(3-4-17(15)25(42)40-21(43-14-41)8-26(40)12-33-13-26)36-23-24-35-9-19(39(24)6-5-34-23)18-10-38(11-20(28)29)37-22(18)27(30,31)32/h3-7,9-10,14,20-21,33H,2,8,11-13H2,1H3,(H,34,36). The van der Waals surface area contributed by atoms with E-state index in [2.05, 4.69) is 25.7 Å². The lowest BCUT2D eigenvalue weighted by Crippen LogP contribution is -2.80. The molecule has 2 aliphatic rings. The minimum Gasteiger partial charge on any atom is -0.444 e. The van der Waals surface area contributed by atoms with E-state index < -0.39 is 36.6 Å². The number of imidazole rings is 1. The predicted octanol–water partition coefficient (Wildman–Crippen LogP) is 3.87. The number of ether oxygens (including phenoxy) is 1. The highest BCUT2D eigenvalue weighted by Crippen LogP contribution is 2.42. The molecule has 3 aromatic heterocycles. The number of anilines is 2. The van der Waals surface area contributed by atoms with Gasteiger partial charge in [0.25, 0.3) is 18.8 Å². The number of nitrogens with one attached hydrogen (secondary N) is 2. The van der Waals surface area contributed by atoms with Crippen molar-refractivity contribution in [3.05, 3.63) is 59.8 Å². The number of hydrogen-bond acceptors (Lipinski definition) is 8. The van der Waals surface area contributed by atoms with Crippen molar-refractivity contribution in [2.24, 2.45) is 0 Å². The van der Waals surface area contributed by atoms with Gasteiger partial charge in [-0.15, -0.1) is 0 Å². The zero-order valence-corrected chi connectivity index (χ0v) is 22.6. The van der Waals surface area contributed by atoms with Crippen molar-refractivity contribution in [2.75, 3.05) is 18.4 Å². The van der Waals surface area contributed by atoms with E-state index >= 15 is 0 Å². The third-order valence-corrected chi connectivity index (χ3v) is 7.73. The number of aromatic nitrogens is 5. The second-order valence-electron chi connectivity index (χ2n) is 10.4. The molecule has 1 aromatic carbocycles. The molecule has 0 saturated carbocycles. The molecule has 0 radical (unpaired) electrons. The van der Waals surface area contributed by atoms with Crippen LogP contribution in [-0.2, 0) is 28.7 Å². The van der Waals surface area contributed by atoms with Gasteiger partial charge in [0.1, 0.15) is 6.54 Å². The Morgan fingerprint density at radius 3 is 2.72 bits per heavy atom. The average molecular weight is 605 g/mol. The van der Waals surface area contributed by atoms with E-state index in [0.29, 0.717) is 53.9 Å². The second kappa shape index (κ2) is 10.6. The number of alkyl halides is 5. The topological polar surface area (TPSA) is 119 Å². The fourth-order valence-corrected chi connectivity index (χ4v) is 5.65. The number of aryl methyl sites for hydroxylation is 1. The lowest BCUT2D eigenvalue weighted by Gasteiger charge is -2.61. The summed E-state index contributed by atoms with van der Waals surface area (Å²) in [6.45, 7) is 2.45. The number of rotatable bonds is 9. The van der Waals surface area contributed by atoms with Crippen molar-refractivity contribution in [2.45, 2.75) is 50.7 Å². The van der Waals surface area contributed by atoms with E-state index in [4.69, 9.17) is 4.74 Å². The van der Waals surface area contributed by atoms with Gasteiger partial charge >= 0.3 is 6.18 Å². The Labute approximate surface area is 240 Å². The summed E-state index contributed by atoms with van der Waals surface area (Å²) in [5.74, 6) is -0.0425. The molecule has 1 spiro atoms. The van der Waals surface area contributed by atoms with Crippen molar-refractivity contribution >= 4 is 29.5 Å². The number of fused-ring (bicyclic) bond motifs is 1. The van der Waals surface area contributed by atoms with Crippen LogP contribution in [0.3, 0.4) is 0 Å². The van der Waals surface area contributed by atoms with E-state index in [-0.39, 0.29) is 28.6 Å². The lowest BCUT2D eigenvalue weighted by molar-refractivity contribution is -0.190. The molecule has 2 saturated heterocycles. The number of benzene rings is 1. The van der Waals surface area contributed by atoms with E-state index in [9.17, 15) is 31.5 Å². The summed E-state index contributed by atoms with van der Waals surface area (Å²) in [6, 6.07) is 5.09. The Morgan fingerprint density at radius 1 is 1.28 bits per heavy atom. The first-order chi connectivity index (χ1) is 20.5. The van der Waals surface area contributed by atoms with Crippen LogP contribution in [-0.4, -0.2) is 72.7 Å². The fourth-order valence-electron chi connectivity index (χ4n) is 5.65. The number of hydrogen-bond donors (Lipinski definition) is 2. The Kier molecular flexibility index (Phi) is 7.02. The predicted molar refractivity (Wildman–Crippen MR) is 142 cm³/mol. The Bertz CT molecular complexity index is 1700. The van der Waals surface area contributed by atoms with Gasteiger partial charge in [0.05, 0.1) is 23.0 Å². The normalized spacial score (nSPS) is 17.7. The first-order valence-electron chi connectivity index (χ1n) is 13.3. The van der Waals surface area contributed by atoms with Crippen LogP contribution in [0.15, 0.2) is 43.0 Å². The number of carbonyl (C=O) groups is 2. The summed E-state index contributed by atoms with van der Waals surface area (Å²) in [4.78, 5) is 34.7. The highest BCUT2D eigenvalue weighted by Gasteiger charge is 2.59. The third kappa shape index (κ3) is 4.94. The molecule has 11 nitrogen and oxygen atoms in total. The molecular formula is C27H25F5N8O3. The molecule has 2 aliphatic heterocycles. The quantitative estimate of drug-likeness (QED) is 0.219. The monoisotopic (exact) mass is 604 g/mol. The van der Waals surface area contributed by atoms with Crippen molar-refractivity contribution in [1.82, 2.24) is 34.4 Å². The van der Waals surface area contributed by atoms with Gasteiger partial charge in [0.15, 0.2) is 23.4 Å². The summed E-state index contributed by atoms with van der Waals surface area (Å²) in [6.07, 6.45) is -2.47. The fraction of sp³-hybridized carbons (Fsp3) is 0.370. The molecule has 6 rings (SSSR count). The first-order valence-corrected chi connectivity index (χ1v) is 13.3. The number of halogens is 5. The smallest absolute Gasteiger partial charge is 0.435 e. The average Bonchev–Trinajstić information content (AvgIpc) is 3.54. The summed E-state index contributed by atoms with van der Waals surface area (Å²) in [5, 5.41) is 9.62. The van der Waals surface area contributed by atoms with E-state index in [1.807, 2.05) is 6.92 Å². The van der Waals surface area contributed by atoms with Crippen LogP contribution in [0.5, 0.6) is 0 Å². The molecule has 43 heavy (non-hydrogen) atoms. The number of amides is 1. The van der Waals surface area contributed by atoms with Gasteiger partial charge in [-0.3, -0.25) is 23.6 Å². The molecule has 5 heterocycles. The van der Waals surface area contributed by atoms with Crippen LogP contribution < -0.4 is 10.6 Å². The maximum atomic E-state index is 13.8. The van der Waals surface area contributed by atoms with E-state index in [1.165, 1.54) is 23.0 Å². The zero-order valence-electron chi connectivity index (χ0n) is 22.6. The third-order valence-electron chi connectivity index (χ3n) is 7.73. The van der Waals surface area contributed by atoms with Gasteiger partial charge < -0.3 is 15.4 Å². The van der Waals surface area contributed by atoms with Crippen molar-refractivity contribution in [3.8, 4) is 11.3 Å².